The van der Waals surface area contributed by atoms with Crippen LogP contribution in [0, 0.1) is 4.91 Å². The van der Waals surface area contributed by atoms with Crippen molar-refractivity contribution in [2.45, 2.75) is 12.3 Å². The summed E-state index contributed by atoms with van der Waals surface area (Å²) in [7, 11) is 0. The van der Waals surface area contributed by atoms with Crippen LogP contribution >= 0.6 is 11.6 Å². The molecule has 0 radical (unpaired) electrons. The number of guanidine groups is 1. The monoisotopic (exact) mass is 239 g/mol. The van der Waals surface area contributed by atoms with Gasteiger partial charge in [-0.15, -0.1) is 11.6 Å². The Morgan fingerprint density at radius 3 is 3.06 bits per heavy atom. The van der Waals surface area contributed by atoms with Crippen LogP contribution in [0.4, 0.5) is 0 Å². The molecule has 16 heavy (non-hydrogen) atoms. The molecule has 0 spiro atoms. The number of nitrogens with zero attached hydrogens (tertiary/aromatic N) is 3. The Hall–Kier alpha value is -1.82. The summed E-state index contributed by atoms with van der Waals surface area (Å²) in [6, 6.07) is 0. The maximum absolute atomic E-state index is 11.5. The molecule has 0 aromatic heterocycles. The third kappa shape index (κ3) is 2.06. The average Bonchev–Trinajstić information content (AvgIpc) is 2.18. The molecule has 2 rings (SSSR count). The van der Waals surface area contributed by atoms with Gasteiger partial charge in [0.05, 0.1) is 15.4 Å². The van der Waals surface area contributed by atoms with Gasteiger partial charge in [-0.25, -0.2) is 4.99 Å². The molecule has 82 valence electrons. The molecule has 1 amide bonds. The van der Waals surface area contributed by atoms with Gasteiger partial charge in [0, 0.05) is 13.0 Å². The summed E-state index contributed by atoms with van der Waals surface area (Å²) in [6.45, 7) is 1.31. The van der Waals surface area contributed by atoms with E-state index in [1.54, 1.807) is 18.2 Å². The summed E-state index contributed by atoms with van der Waals surface area (Å²) in [4.78, 5) is 26.7. The first-order valence-electron chi connectivity index (χ1n) is 4.53. The second kappa shape index (κ2) is 3.97. The van der Waals surface area contributed by atoms with Gasteiger partial charge in [-0.1, -0.05) is 6.08 Å². The minimum absolute atomic E-state index is 0.0210. The van der Waals surface area contributed by atoms with E-state index >= 15 is 0 Å². The van der Waals surface area contributed by atoms with E-state index < -0.39 is 0 Å². The number of fused-ring (bicyclic) bond motifs is 1. The molecule has 1 aliphatic carbocycles. The second-order valence-corrected chi connectivity index (χ2v) is 3.73. The molecule has 1 aliphatic heterocycles. The van der Waals surface area contributed by atoms with Crippen molar-refractivity contribution in [2.24, 2.45) is 10.1 Å². The van der Waals surface area contributed by atoms with Crippen LogP contribution in [0.25, 0.3) is 0 Å². The third-order valence-electron chi connectivity index (χ3n) is 1.92. The predicted octanol–water partition coefficient (Wildman–Crippen LogP) is 0.688. The van der Waals surface area contributed by atoms with E-state index in [1.165, 1.54) is 6.92 Å². The minimum atomic E-state index is -0.345. The van der Waals surface area contributed by atoms with Crippen molar-refractivity contribution in [1.29, 1.82) is 0 Å². The van der Waals surface area contributed by atoms with Crippen molar-refractivity contribution in [3.8, 4) is 0 Å². The second-order valence-electron chi connectivity index (χ2n) is 3.23. The molecule has 6 nitrogen and oxygen atoms in total. The molecule has 0 saturated heterocycles. The van der Waals surface area contributed by atoms with E-state index in [-0.39, 0.29) is 22.9 Å². The number of carbonyl (C=O) groups is 1. The van der Waals surface area contributed by atoms with Crippen LogP contribution in [-0.2, 0) is 4.79 Å². The van der Waals surface area contributed by atoms with E-state index in [0.29, 0.717) is 10.6 Å². The smallest absolute Gasteiger partial charge is 0.290 e. The first-order valence-corrected chi connectivity index (χ1v) is 4.96. The summed E-state index contributed by atoms with van der Waals surface area (Å²) in [5, 5.41) is 5.56. The first-order chi connectivity index (χ1) is 7.56. The molecule has 1 atom stereocenters. The van der Waals surface area contributed by atoms with E-state index in [9.17, 15) is 9.70 Å². The van der Waals surface area contributed by atoms with Gasteiger partial charge in [-0.2, -0.15) is 0 Å². The van der Waals surface area contributed by atoms with Gasteiger partial charge in [-0.3, -0.25) is 10.1 Å². The molecule has 0 fully saturated rings. The molecular weight excluding hydrogens is 232 g/mol. The predicted molar refractivity (Wildman–Crippen MR) is 59.2 cm³/mol. The molecule has 0 bridgehead atoms. The Kier molecular flexibility index (Phi) is 2.66. The van der Waals surface area contributed by atoms with Gasteiger partial charge in [-0.05, 0) is 6.08 Å². The number of hydrogen-bond donors (Lipinski definition) is 1. The molecule has 0 saturated carbocycles. The van der Waals surface area contributed by atoms with Gasteiger partial charge in [0.25, 0.3) is 0 Å². The SMILES string of the molecule is CC(=O)NC1=N[N+](=O)C2=CC(Cl)C=CC2=N1. The fraction of sp³-hybridized carbons (Fsp3) is 0.222. The topological polar surface area (TPSA) is 73.9 Å². The summed E-state index contributed by atoms with van der Waals surface area (Å²) >= 11 is 5.82. The van der Waals surface area contributed by atoms with E-state index in [1.807, 2.05) is 0 Å². The summed E-state index contributed by atoms with van der Waals surface area (Å²) in [5.74, 6) is -0.355. The summed E-state index contributed by atoms with van der Waals surface area (Å²) in [5.41, 5.74) is 0.724. The molecule has 1 unspecified atom stereocenters. The largest absolute Gasteiger partial charge is 0.318 e. The number of amides is 1. The molecule has 1 N–H and O–H groups in total. The average molecular weight is 240 g/mol. The number of allylic oxidation sites excluding steroid dienone is 3. The number of carbonyl (C=O) groups excluding carboxylic acids is 1. The van der Waals surface area contributed by atoms with E-state index in [2.05, 4.69) is 15.4 Å². The normalized spacial score (nSPS) is 23.0. The summed E-state index contributed by atoms with van der Waals surface area (Å²) < 4.78 is 0. The Morgan fingerprint density at radius 1 is 1.62 bits per heavy atom. The number of hydrogen-bond acceptors (Lipinski definition) is 3. The van der Waals surface area contributed by atoms with Crippen LogP contribution in [0.15, 0.2) is 34.0 Å². The van der Waals surface area contributed by atoms with E-state index in [4.69, 9.17) is 11.6 Å². The molecule has 0 aromatic rings. The highest BCUT2D eigenvalue weighted by molar-refractivity contribution is 6.25. The fourth-order valence-electron chi connectivity index (χ4n) is 1.30. The Bertz CT molecular complexity index is 490. The van der Waals surface area contributed by atoms with Crippen LogP contribution < -0.4 is 5.32 Å². The quantitative estimate of drug-likeness (QED) is 0.499. The number of rotatable bonds is 0. The number of hydrazone groups is 1. The van der Waals surface area contributed by atoms with Crippen LogP contribution in [0.1, 0.15) is 6.92 Å². The van der Waals surface area contributed by atoms with Gasteiger partial charge < -0.3 is 0 Å². The highest BCUT2D eigenvalue weighted by Crippen LogP contribution is 2.17. The molecule has 2 aliphatic rings. The number of halogens is 1. The maximum Gasteiger partial charge on any atom is 0.318 e. The highest BCUT2D eigenvalue weighted by Gasteiger charge is 2.32. The van der Waals surface area contributed by atoms with E-state index in [0.717, 1.165) is 0 Å². The number of nitrogens with one attached hydrogen (secondary N) is 1. The minimum Gasteiger partial charge on any atom is -0.290 e. The van der Waals surface area contributed by atoms with Crippen LogP contribution in [-0.4, -0.2) is 27.8 Å². The maximum atomic E-state index is 11.5. The van der Waals surface area contributed by atoms with Crippen LogP contribution in [0.2, 0.25) is 0 Å². The Balaban J connectivity index is 2.33. The zero-order valence-electron chi connectivity index (χ0n) is 8.35. The zero-order valence-corrected chi connectivity index (χ0v) is 9.10. The zero-order chi connectivity index (χ0) is 11.7. The van der Waals surface area contributed by atoms with Crippen molar-refractivity contribution < 1.29 is 9.66 Å². The molecule has 1 heterocycles. The van der Waals surface area contributed by atoms with Crippen LogP contribution in [0.5, 0.6) is 0 Å². The lowest BCUT2D eigenvalue weighted by Gasteiger charge is -2.08. The highest BCUT2D eigenvalue weighted by atomic mass is 35.5. The lowest BCUT2D eigenvalue weighted by atomic mass is 10.1. The van der Waals surface area contributed by atoms with Gasteiger partial charge in [0.15, 0.2) is 4.87 Å². The molecule has 0 aromatic carbocycles. The van der Waals surface area contributed by atoms with Crippen molar-refractivity contribution in [1.82, 2.24) is 5.32 Å². The van der Waals surface area contributed by atoms with Crippen molar-refractivity contribution in [3.05, 3.63) is 28.8 Å². The Morgan fingerprint density at radius 2 is 2.38 bits per heavy atom. The Labute approximate surface area is 95.9 Å². The van der Waals surface area contributed by atoms with Crippen molar-refractivity contribution in [2.75, 3.05) is 0 Å². The number of nitroso groups, excluding NO2 is 1. The fourth-order valence-corrected chi connectivity index (χ4v) is 1.50. The van der Waals surface area contributed by atoms with Gasteiger partial charge in [0.2, 0.25) is 5.91 Å². The third-order valence-corrected chi connectivity index (χ3v) is 2.19. The summed E-state index contributed by atoms with van der Waals surface area (Å²) in [6.07, 6.45) is 4.85. The number of aliphatic imine (C=N–C) groups is 1. The van der Waals surface area contributed by atoms with Gasteiger partial charge in [0.1, 0.15) is 5.71 Å². The standard InChI is InChI=1S/C9H7ClN4O2/c1-5(15)11-9-12-7-3-2-6(10)4-8(7)14(16)13-9/h2-4,6H,1H3/p+1. The molecule has 7 heteroatoms. The molecular formula is C9H8ClN4O2+. The lowest BCUT2D eigenvalue weighted by molar-refractivity contribution is -0.497. The number of alkyl halides is 1. The lowest BCUT2D eigenvalue weighted by Crippen LogP contribution is -2.33. The van der Waals surface area contributed by atoms with Crippen LogP contribution in [0.3, 0.4) is 0 Å². The van der Waals surface area contributed by atoms with Crippen molar-refractivity contribution in [3.63, 3.8) is 0 Å². The first kappa shape index (κ1) is 10.7. The van der Waals surface area contributed by atoms with Gasteiger partial charge >= 0.3 is 11.7 Å². The van der Waals surface area contributed by atoms with Crippen molar-refractivity contribution >= 4 is 29.2 Å².